The van der Waals surface area contributed by atoms with E-state index in [1.165, 1.54) is 0 Å². The van der Waals surface area contributed by atoms with E-state index in [0.717, 1.165) is 11.3 Å². The third kappa shape index (κ3) is 4.04. The van der Waals surface area contributed by atoms with E-state index in [1.807, 2.05) is 43.3 Å². The van der Waals surface area contributed by atoms with Gasteiger partial charge in [-0.25, -0.2) is 0 Å². The number of benzene rings is 1. The van der Waals surface area contributed by atoms with Crippen LogP contribution in [0.3, 0.4) is 0 Å². The number of anilines is 1. The van der Waals surface area contributed by atoms with E-state index in [2.05, 4.69) is 19.2 Å². The zero-order chi connectivity index (χ0) is 13.7. The molecular formula is C14H22N2O2. The van der Waals surface area contributed by atoms with Crippen LogP contribution in [0.25, 0.3) is 0 Å². The topological polar surface area (TPSA) is 52.6 Å². The van der Waals surface area contributed by atoms with Gasteiger partial charge < -0.3 is 15.3 Å². The number of aliphatic carboxylic acids is 1. The summed E-state index contributed by atoms with van der Waals surface area (Å²) >= 11 is 0. The molecule has 0 aliphatic heterocycles. The van der Waals surface area contributed by atoms with Gasteiger partial charge in [-0.2, -0.15) is 0 Å². The first-order valence-electron chi connectivity index (χ1n) is 6.15. The van der Waals surface area contributed by atoms with Crippen LogP contribution >= 0.6 is 0 Å². The lowest BCUT2D eigenvalue weighted by Gasteiger charge is -2.18. The zero-order valence-corrected chi connectivity index (χ0v) is 11.5. The molecule has 0 heterocycles. The first-order valence-corrected chi connectivity index (χ1v) is 6.15. The van der Waals surface area contributed by atoms with Crippen LogP contribution in [0.5, 0.6) is 0 Å². The molecule has 0 aliphatic rings. The molecule has 0 aliphatic carbocycles. The second-order valence-electron chi connectivity index (χ2n) is 5.06. The fraction of sp³-hybridized carbons (Fsp3) is 0.500. The predicted octanol–water partition coefficient (Wildman–Crippen LogP) is 2.12. The standard InChI is InChI=1S/C14H22N2O2/c1-10(2)9-15-13(14(17)18)11-5-7-12(8-6-11)16(3)4/h5-8,10,13,15H,9H2,1-4H3,(H,17,18). The number of carbonyl (C=O) groups is 1. The highest BCUT2D eigenvalue weighted by molar-refractivity contribution is 5.75. The largest absolute Gasteiger partial charge is 0.480 e. The Balaban J connectivity index is 2.82. The molecule has 0 bridgehead atoms. The number of nitrogens with one attached hydrogen (secondary N) is 1. The van der Waals surface area contributed by atoms with Crippen molar-refractivity contribution in [3.8, 4) is 0 Å². The summed E-state index contributed by atoms with van der Waals surface area (Å²) in [6, 6.07) is 6.96. The van der Waals surface area contributed by atoms with Crippen LogP contribution in [0.2, 0.25) is 0 Å². The van der Waals surface area contributed by atoms with Gasteiger partial charge in [0.25, 0.3) is 0 Å². The maximum Gasteiger partial charge on any atom is 0.325 e. The molecule has 0 saturated heterocycles. The van der Waals surface area contributed by atoms with Gasteiger partial charge in [-0.05, 0) is 30.2 Å². The Labute approximate surface area is 109 Å². The van der Waals surface area contributed by atoms with E-state index in [1.54, 1.807) is 0 Å². The minimum absolute atomic E-state index is 0.424. The highest BCUT2D eigenvalue weighted by Crippen LogP contribution is 2.18. The molecule has 1 aromatic carbocycles. The second-order valence-corrected chi connectivity index (χ2v) is 5.06. The van der Waals surface area contributed by atoms with E-state index in [9.17, 15) is 9.90 Å². The van der Waals surface area contributed by atoms with Crippen molar-refractivity contribution in [2.75, 3.05) is 25.5 Å². The van der Waals surface area contributed by atoms with Crippen molar-refractivity contribution in [3.05, 3.63) is 29.8 Å². The van der Waals surface area contributed by atoms with Crippen molar-refractivity contribution in [3.63, 3.8) is 0 Å². The lowest BCUT2D eigenvalue weighted by atomic mass is 10.1. The van der Waals surface area contributed by atoms with E-state index < -0.39 is 12.0 Å². The van der Waals surface area contributed by atoms with Crippen LogP contribution in [0, 0.1) is 5.92 Å². The van der Waals surface area contributed by atoms with Crippen molar-refractivity contribution in [2.45, 2.75) is 19.9 Å². The summed E-state index contributed by atoms with van der Waals surface area (Å²) in [5.41, 5.74) is 1.85. The monoisotopic (exact) mass is 250 g/mol. The van der Waals surface area contributed by atoms with Crippen LogP contribution in [0.15, 0.2) is 24.3 Å². The van der Waals surface area contributed by atoms with E-state index >= 15 is 0 Å². The summed E-state index contributed by atoms with van der Waals surface area (Å²) in [5.74, 6) is -0.416. The molecule has 4 heteroatoms. The molecular weight excluding hydrogens is 228 g/mol. The van der Waals surface area contributed by atoms with Crippen LogP contribution < -0.4 is 10.2 Å². The fourth-order valence-electron chi connectivity index (χ4n) is 1.67. The molecule has 1 unspecified atom stereocenters. The fourth-order valence-corrected chi connectivity index (χ4v) is 1.67. The molecule has 0 aromatic heterocycles. The number of rotatable bonds is 6. The van der Waals surface area contributed by atoms with Crippen molar-refractivity contribution >= 4 is 11.7 Å². The quantitative estimate of drug-likeness (QED) is 0.812. The smallest absolute Gasteiger partial charge is 0.325 e. The summed E-state index contributed by atoms with van der Waals surface area (Å²) in [4.78, 5) is 13.2. The van der Waals surface area contributed by atoms with Crippen LogP contribution in [0.1, 0.15) is 25.5 Å². The number of nitrogens with zero attached hydrogens (tertiary/aromatic N) is 1. The maximum absolute atomic E-state index is 11.3. The zero-order valence-electron chi connectivity index (χ0n) is 11.5. The van der Waals surface area contributed by atoms with Gasteiger partial charge in [0.1, 0.15) is 6.04 Å². The van der Waals surface area contributed by atoms with Gasteiger partial charge in [0.2, 0.25) is 0 Å². The van der Waals surface area contributed by atoms with Gasteiger partial charge in [0.05, 0.1) is 0 Å². The Kier molecular flexibility index (Phi) is 5.16. The molecule has 2 N–H and O–H groups in total. The van der Waals surface area contributed by atoms with Gasteiger partial charge >= 0.3 is 5.97 Å². The van der Waals surface area contributed by atoms with E-state index in [-0.39, 0.29) is 0 Å². The molecule has 0 spiro atoms. The van der Waals surface area contributed by atoms with E-state index in [0.29, 0.717) is 12.5 Å². The normalized spacial score (nSPS) is 12.5. The lowest BCUT2D eigenvalue weighted by molar-refractivity contribution is -0.139. The first kappa shape index (κ1) is 14.5. The third-order valence-corrected chi connectivity index (χ3v) is 2.72. The van der Waals surface area contributed by atoms with Crippen molar-refractivity contribution in [1.82, 2.24) is 5.32 Å². The summed E-state index contributed by atoms with van der Waals surface area (Å²) in [7, 11) is 3.92. The Hall–Kier alpha value is -1.55. The van der Waals surface area contributed by atoms with E-state index in [4.69, 9.17) is 0 Å². The van der Waals surface area contributed by atoms with Crippen LogP contribution in [-0.4, -0.2) is 31.7 Å². The number of carboxylic acid groups (broad SMARTS) is 1. The molecule has 1 rings (SSSR count). The summed E-state index contributed by atoms with van der Waals surface area (Å²) in [6.07, 6.45) is 0. The van der Waals surface area contributed by atoms with Crippen LogP contribution in [0.4, 0.5) is 5.69 Å². The lowest BCUT2D eigenvalue weighted by Crippen LogP contribution is -2.31. The summed E-state index contributed by atoms with van der Waals surface area (Å²) in [6.45, 7) is 4.80. The molecule has 18 heavy (non-hydrogen) atoms. The Morgan fingerprint density at radius 3 is 2.22 bits per heavy atom. The summed E-state index contributed by atoms with van der Waals surface area (Å²) in [5, 5.41) is 12.3. The minimum atomic E-state index is -0.840. The molecule has 0 fully saturated rings. The average molecular weight is 250 g/mol. The molecule has 1 atom stereocenters. The van der Waals surface area contributed by atoms with Crippen LogP contribution in [-0.2, 0) is 4.79 Å². The summed E-state index contributed by atoms with van der Waals surface area (Å²) < 4.78 is 0. The highest BCUT2D eigenvalue weighted by Gasteiger charge is 2.19. The average Bonchev–Trinajstić information content (AvgIpc) is 2.29. The number of hydrogen-bond donors (Lipinski definition) is 2. The van der Waals surface area contributed by atoms with Crippen molar-refractivity contribution in [2.24, 2.45) is 5.92 Å². The van der Waals surface area contributed by atoms with Gasteiger partial charge in [-0.1, -0.05) is 26.0 Å². The molecule has 4 nitrogen and oxygen atoms in total. The number of carboxylic acids is 1. The first-order chi connectivity index (χ1) is 8.41. The molecule has 0 radical (unpaired) electrons. The van der Waals surface area contributed by atoms with Crippen molar-refractivity contribution < 1.29 is 9.90 Å². The molecule has 0 saturated carbocycles. The SMILES string of the molecule is CC(C)CNC(C(=O)O)c1ccc(N(C)C)cc1. The van der Waals surface area contributed by atoms with Gasteiger partial charge in [-0.3, -0.25) is 4.79 Å². The number of hydrogen-bond acceptors (Lipinski definition) is 3. The Bertz CT molecular complexity index is 385. The second kappa shape index (κ2) is 6.40. The van der Waals surface area contributed by atoms with Gasteiger partial charge in [0.15, 0.2) is 0 Å². The minimum Gasteiger partial charge on any atom is -0.480 e. The van der Waals surface area contributed by atoms with Gasteiger partial charge in [-0.15, -0.1) is 0 Å². The Morgan fingerprint density at radius 1 is 1.28 bits per heavy atom. The maximum atomic E-state index is 11.3. The van der Waals surface area contributed by atoms with Crippen molar-refractivity contribution in [1.29, 1.82) is 0 Å². The van der Waals surface area contributed by atoms with Gasteiger partial charge in [0, 0.05) is 19.8 Å². The Morgan fingerprint density at radius 2 is 1.83 bits per heavy atom. The molecule has 0 amide bonds. The highest BCUT2D eigenvalue weighted by atomic mass is 16.4. The molecule has 1 aromatic rings. The molecule has 100 valence electrons. The third-order valence-electron chi connectivity index (χ3n) is 2.72. The predicted molar refractivity (Wildman–Crippen MR) is 74.0 cm³/mol.